The Morgan fingerprint density at radius 2 is 1.12 bits per heavy atom. The van der Waals surface area contributed by atoms with Crippen LogP contribution in [0.5, 0.6) is 11.5 Å². The van der Waals surface area contributed by atoms with E-state index in [1.807, 2.05) is 48.5 Å². The first kappa shape index (κ1) is 44.2. The molecule has 0 saturated carbocycles. The van der Waals surface area contributed by atoms with E-state index in [1.165, 1.54) is 6.66 Å². The van der Waals surface area contributed by atoms with Crippen molar-refractivity contribution < 1.29 is 56.7 Å². The highest BCUT2D eigenvalue weighted by atomic mass is 31.1. The van der Waals surface area contributed by atoms with Crippen molar-refractivity contribution in [2.75, 3.05) is 52.9 Å². The zero-order valence-corrected chi connectivity index (χ0v) is 30.9. The molecule has 51 heavy (non-hydrogen) atoms. The van der Waals surface area contributed by atoms with Crippen LogP contribution in [0.4, 0.5) is 0 Å². The highest BCUT2D eigenvalue weighted by Gasteiger charge is 2.23. The average molecular weight is 730 g/mol. The van der Waals surface area contributed by atoms with Crippen LogP contribution in [0.25, 0.3) is 0 Å². The lowest BCUT2D eigenvalue weighted by Crippen LogP contribution is -2.19. The fraction of sp³-hybridized carbons (Fsp3) is 0.421. The Hall–Kier alpha value is -4.80. The van der Waals surface area contributed by atoms with E-state index in [4.69, 9.17) is 32.9 Å². The van der Waals surface area contributed by atoms with E-state index >= 15 is 0 Å². The molecule has 0 N–H and O–H groups in total. The maximum Gasteiger partial charge on any atom is 0.504 e. The van der Waals surface area contributed by atoms with Crippen LogP contribution in [-0.2, 0) is 52.6 Å². The number of rotatable bonds is 23. The molecule has 278 valence electrons. The molecule has 12 nitrogen and oxygen atoms in total. The maximum absolute atomic E-state index is 11.3. The Balaban J connectivity index is 0.000000564. The van der Waals surface area contributed by atoms with Gasteiger partial charge in [0.2, 0.25) is 0 Å². The highest BCUT2D eigenvalue weighted by Crippen LogP contribution is 2.33. The molecule has 0 fully saturated rings. The van der Waals surface area contributed by atoms with Gasteiger partial charge >= 0.3 is 31.9 Å². The fourth-order valence-electron chi connectivity index (χ4n) is 4.05. The van der Waals surface area contributed by atoms with Gasteiger partial charge in [0, 0.05) is 29.6 Å². The molecule has 0 spiro atoms. The van der Waals surface area contributed by atoms with Gasteiger partial charge in [0.1, 0.15) is 57.7 Å². The van der Waals surface area contributed by atoms with Gasteiger partial charge in [0.15, 0.2) is 6.66 Å². The Kier molecular flexibility index (Phi) is 21.8. The zero-order chi connectivity index (χ0) is 38.1. The first-order valence-corrected chi connectivity index (χ1v) is 18.0. The summed E-state index contributed by atoms with van der Waals surface area (Å²) in [5.41, 5.74) is 2.34. The van der Waals surface area contributed by atoms with E-state index < -0.39 is 25.9 Å². The van der Waals surface area contributed by atoms with Crippen LogP contribution < -0.4 is 9.47 Å². The molecule has 0 aromatic heterocycles. The maximum atomic E-state index is 11.3. The van der Waals surface area contributed by atoms with Crippen molar-refractivity contribution in [2.45, 2.75) is 51.9 Å². The molecular formula is C38H50O12P+. The quantitative estimate of drug-likeness (QED) is 0.0388. The third-order valence-electron chi connectivity index (χ3n) is 6.90. The Labute approximate surface area is 301 Å². The number of hydrogen-bond donors (Lipinski definition) is 0. The molecule has 0 radical (unpaired) electrons. The second kappa shape index (κ2) is 25.2. The van der Waals surface area contributed by atoms with Crippen LogP contribution in [0.1, 0.15) is 57.6 Å². The van der Waals surface area contributed by atoms with Crippen LogP contribution >= 0.6 is 8.03 Å². The molecule has 0 bridgehead atoms. The van der Waals surface area contributed by atoms with Gasteiger partial charge in [0.25, 0.3) is 0 Å². The number of ether oxygens (including phenoxy) is 6. The minimum Gasteiger partial charge on any atom is -0.490 e. The van der Waals surface area contributed by atoms with Gasteiger partial charge in [-0.05, 0) is 59.7 Å². The molecule has 0 saturated heterocycles. The number of carbonyl (C=O) groups excluding carboxylic acids is 4. The smallest absolute Gasteiger partial charge is 0.490 e. The second-order valence-electron chi connectivity index (χ2n) is 11.3. The molecular weight excluding hydrogens is 679 g/mol. The molecule has 0 amide bonds. The lowest BCUT2D eigenvalue weighted by atomic mass is 9.78. The molecule has 0 aliphatic heterocycles. The monoisotopic (exact) mass is 729 g/mol. The number of unbranched alkanes of at least 4 members (excludes halogenated alkanes) is 2. The lowest BCUT2D eigenvalue weighted by molar-refractivity contribution is -0.150. The summed E-state index contributed by atoms with van der Waals surface area (Å²) < 4.78 is 46.2. The van der Waals surface area contributed by atoms with Crippen LogP contribution in [0.2, 0.25) is 0 Å². The summed E-state index contributed by atoms with van der Waals surface area (Å²) in [6.07, 6.45) is 4.81. The van der Waals surface area contributed by atoms with Gasteiger partial charge in [-0.2, -0.15) is 0 Å². The predicted octanol–water partition coefficient (Wildman–Crippen LogP) is 6.83. The third kappa shape index (κ3) is 19.8. The van der Waals surface area contributed by atoms with Crippen molar-refractivity contribution in [3.63, 3.8) is 0 Å². The molecule has 13 heteroatoms. The zero-order valence-electron chi connectivity index (χ0n) is 30.0. The van der Waals surface area contributed by atoms with Gasteiger partial charge in [-0.15, -0.1) is 4.52 Å². The molecule has 2 aromatic carbocycles. The normalized spacial score (nSPS) is 10.7. The van der Waals surface area contributed by atoms with E-state index in [9.17, 15) is 23.7 Å². The number of carbonyl (C=O) groups is 4. The topological polar surface area (TPSA) is 150 Å². The van der Waals surface area contributed by atoms with E-state index in [0.717, 1.165) is 36.1 Å². The lowest BCUT2D eigenvalue weighted by Gasteiger charge is -2.26. The summed E-state index contributed by atoms with van der Waals surface area (Å²) in [5.74, 6) is -0.333. The van der Waals surface area contributed by atoms with Gasteiger partial charge in [-0.25, -0.2) is 14.4 Å². The van der Waals surface area contributed by atoms with Crippen LogP contribution in [0.15, 0.2) is 86.0 Å². The van der Waals surface area contributed by atoms with Gasteiger partial charge < -0.3 is 28.4 Å². The minimum atomic E-state index is -1.54. The average Bonchev–Trinajstić information content (AvgIpc) is 3.12. The van der Waals surface area contributed by atoms with E-state index in [2.05, 4.69) is 33.6 Å². The largest absolute Gasteiger partial charge is 0.504 e. The molecule has 0 aliphatic carbocycles. The first-order chi connectivity index (χ1) is 24.3. The number of esters is 4. The van der Waals surface area contributed by atoms with Crippen molar-refractivity contribution in [3.8, 4) is 11.5 Å². The SMILES string of the molecule is C=C(C)C(=O)OCCOC(=O)CCCCCO[P+](C)=O.C=CC(=O)OCCOc1ccc(C(C)(C)c2ccc(OCCOC(=O)C=C)cc2)cc1. The molecule has 1 unspecified atom stereocenters. The van der Waals surface area contributed by atoms with Crippen molar-refractivity contribution in [1.82, 2.24) is 0 Å². The molecule has 1 atom stereocenters. The van der Waals surface area contributed by atoms with Gasteiger partial charge in [-0.3, -0.25) is 4.79 Å². The Morgan fingerprint density at radius 3 is 1.55 bits per heavy atom. The summed E-state index contributed by atoms with van der Waals surface area (Å²) in [4.78, 5) is 44.3. The number of hydrogen-bond acceptors (Lipinski definition) is 12. The number of benzene rings is 2. The molecule has 2 aromatic rings. The standard InChI is InChI=1S/C25H28O6.C13H22O6P/c1-5-23(26)30-17-15-28-21-11-7-19(8-12-21)25(3,4)20-9-13-22(14-10-20)29-16-18-31-24(27)6-2;1-11(2)13(15)18-10-9-17-12(14)7-5-4-6-8-19-20(3)16/h5-14H,1-2,15-18H2,3-4H3;1,4-10H2,2-3H3/q;+1. The van der Waals surface area contributed by atoms with E-state index in [1.54, 1.807) is 6.92 Å². The molecule has 0 heterocycles. The predicted molar refractivity (Wildman–Crippen MR) is 193 cm³/mol. The van der Waals surface area contributed by atoms with Crippen molar-refractivity contribution in [3.05, 3.63) is 97.1 Å². The fourth-order valence-corrected chi connectivity index (χ4v) is 4.44. The van der Waals surface area contributed by atoms with Gasteiger partial charge in [-0.1, -0.05) is 64.3 Å². The van der Waals surface area contributed by atoms with Crippen molar-refractivity contribution >= 4 is 31.9 Å². The van der Waals surface area contributed by atoms with E-state index in [-0.39, 0.29) is 51.0 Å². The third-order valence-corrected chi connectivity index (χ3v) is 7.45. The Bertz CT molecular complexity index is 1360. The summed E-state index contributed by atoms with van der Waals surface area (Å²) in [7, 11) is -1.54. The van der Waals surface area contributed by atoms with Crippen molar-refractivity contribution in [2.24, 2.45) is 0 Å². The van der Waals surface area contributed by atoms with Crippen molar-refractivity contribution in [1.29, 1.82) is 0 Å². The highest BCUT2D eigenvalue weighted by molar-refractivity contribution is 7.38. The van der Waals surface area contributed by atoms with Gasteiger partial charge in [0.05, 0.1) is 0 Å². The minimum absolute atomic E-state index is 0.0365. The van der Waals surface area contributed by atoms with E-state index in [0.29, 0.717) is 36.5 Å². The summed E-state index contributed by atoms with van der Waals surface area (Å²) in [5, 5.41) is 0. The summed E-state index contributed by atoms with van der Waals surface area (Å²) >= 11 is 0. The van der Waals surface area contributed by atoms with Crippen LogP contribution in [0.3, 0.4) is 0 Å². The molecule has 0 aliphatic rings. The Morgan fingerprint density at radius 1 is 0.667 bits per heavy atom. The van der Waals surface area contributed by atoms with Crippen LogP contribution in [0, 0.1) is 0 Å². The summed E-state index contributed by atoms with van der Waals surface area (Å²) in [6, 6.07) is 15.7. The summed E-state index contributed by atoms with van der Waals surface area (Å²) in [6.45, 7) is 18.9. The van der Waals surface area contributed by atoms with Crippen LogP contribution in [-0.4, -0.2) is 76.8 Å². The first-order valence-electron chi connectivity index (χ1n) is 16.4. The molecule has 2 rings (SSSR count). The second-order valence-corrected chi connectivity index (χ2v) is 12.5.